The van der Waals surface area contributed by atoms with Gasteiger partial charge in [0.2, 0.25) is 11.8 Å². The minimum absolute atomic E-state index is 0.0656. The molecule has 1 aromatic rings. The van der Waals surface area contributed by atoms with E-state index >= 15 is 0 Å². The second-order valence-electron chi connectivity index (χ2n) is 6.33. The van der Waals surface area contributed by atoms with Gasteiger partial charge in [-0.05, 0) is 18.4 Å². The second kappa shape index (κ2) is 7.43. The Morgan fingerprint density at radius 1 is 1.14 bits per heavy atom. The van der Waals surface area contributed by atoms with Crippen LogP contribution in [0.25, 0.3) is 0 Å². The Kier molecular flexibility index (Phi) is 5.58. The molecule has 0 radical (unpaired) electrons. The molecule has 1 saturated heterocycles. The van der Waals surface area contributed by atoms with Crippen LogP contribution in [0.1, 0.15) is 37.7 Å². The molecule has 1 aromatic carbocycles. The molecule has 1 aliphatic heterocycles. The Balaban J connectivity index is 2.18. The first kappa shape index (κ1) is 16.5. The van der Waals surface area contributed by atoms with Gasteiger partial charge in [0, 0.05) is 45.4 Å². The molecular weight excluding hydrogens is 276 g/mol. The summed E-state index contributed by atoms with van der Waals surface area (Å²) in [6.45, 7) is 3.64. The fraction of sp³-hybridized carbons (Fsp3) is 0.556. The largest absolute Gasteiger partial charge is 0.349 e. The zero-order valence-electron chi connectivity index (χ0n) is 13.8. The zero-order chi connectivity index (χ0) is 16.1. The maximum Gasteiger partial charge on any atom is 0.225 e. The zero-order valence-corrected chi connectivity index (χ0v) is 13.8. The number of benzene rings is 1. The molecule has 120 valence electrons. The van der Waals surface area contributed by atoms with Crippen LogP contribution in [0.5, 0.6) is 0 Å². The van der Waals surface area contributed by atoms with E-state index in [4.69, 9.17) is 0 Å². The summed E-state index contributed by atoms with van der Waals surface area (Å²) >= 11 is 0. The quantitative estimate of drug-likeness (QED) is 0.838. The summed E-state index contributed by atoms with van der Waals surface area (Å²) in [6.07, 6.45) is 2.59. The fourth-order valence-corrected chi connectivity index (χ4v) is 3.15. The van der Waals surface area contributed by atoms with E-state index in [1.54, 1.807) is 19.0 Å². The van der Waals surface area contributed by atoms with E-state index < -0.39 is 0 Å². The van der Waals surface area contributed by atoms with Crippen LogP contribution in [0.4, 0.5) is 0 Å². The molecular formula is C18H26N2O2. The number of amides is 2. The molecule has 0 aromatic heterocycles. The molecule has 0 aliphatic carbocycles. The minimum Gasteiger partial charge on any atom is -0.349 e. The summed E-state index contributed by atoms with van der Waals surface area (Å²) < 4.78 is 0. The normalized spacial score (nSPS) is 17.1. The molecule has 0 spiro atoms. The van der Waals surface area contributed by atoms with Crippen molar-refractivity contribution in [3.63, 3.8) is 0 Å². The molecule has 0 unspecified atom stereocenters. The minimum atomic E-state index is -0.205. The Hall–Kier alpha value is -1.84. The van der Waals surface area contributed by atoms with Crippen molar-refractivity contribution >= 4 is 11.8 Å². The molecule has 1 heterocycles. The van der Waals surface area contributed by atoms with Gasteiger partial charge in [-0.3, -0.25) is 9.59 Å². The molecule has 0 bridgehead atoms. The van der Waals surface area contributed by atoms with E-state index in [1.165, 1.54) is 0 Å². The number of hydrogen-bond donors (Lipinski definition) is 0. The van der Waals surface area contributed by atoms with E-state index in [0.29, 0.717) is 6.42 Å². The van der Waals surface area contributed by atoms with Crippen LogP contribution in [-0.2, 0) is 9.59 Å². The van der Waals surface area contributed by atoms with Crippen molar-refractivity contribution in [2.75, 3.05) is 27.2 Å². The Morgan fingerprint density at radius 3 is 2.27 bits per heavy atom. The van der Waals surface area contributed by atoms with Crippen LogP contribution >= 0.6 is 0 Å². The highest BCUT2D eigenvalue weighted by molar-refractivity contribution is 5.82. The van der Waals surface area contributed by atoms with E-state index in [2.05, 4.69) is 0 Å². The Labute approximate surface area is 133 Å². The maximum absolute atomic E-state index is 12.5. The molecule has 1 aliphatic rings. The maximum atomic E-state index is 12.5. The smallest absolute Gasteiger partial charge is 0.225 e. The van der Waals surface area contributed by atoms with E-state index in [9.17, 15) is 9.59 Å². The molecule has 4 heteroatoms. The van der Waals surface area contributed by atoms with Gasteiger partial charge >= 0.3 is 0 Å². The molecule has 4 nitrogen and oxygen atoms in total. The number of hydrogen-bond acceptors (Lipinski definition) is 2. The first-order chi connectivity index (χ1) is 10.5. The fourth-order valence-electron chi connectivity index (χ4n) is 3.15. The average Bonchev–Trinajstić information content (AvgIpc) is 3.06. The summed E-state index contributed by atoms with van der Waals surface area (Å²) in [5.74, 6) is -0.0269. The van der Waals surface area contributed by atoms with E-state index in [0.717, 1.165) is 31.5 Å². The molecule has 2 rings (SSSR count). The third kappa shape index (κ3) is 3.87. The lowest BCUT2D eigenvalue weighted by atomic mass is 9.83. The summed E-state index contributed by atoms with van der Waals surface area (Å²) in [4.78, 5) is 28.4. The summed E-state index contributed by atoms with van der Waals surface area (Å²) in [5.41, 5.74) is 1.07. The first-order valence-corrected chi connectivity index (χ1v) is 8.04. The molecule has 1 fully saturated rings. The van der Waals surface area contributed by atoms with E-state index in [-0.39, 0.29) is 23.7 Å². The van der Waals surface area contributed by atoms with Crippen molar-refractivity contribution in [2.45, 2.75) is 32.1 Å². The van der Waals surface area contributed by atoms with Gasteiger partial charge in [-0.15, -0.1) is 0 Å². The second-order valence-corrected chi connectivity index (χ2v) is 6.33. The van der Waals surface area contributed by atoms with Gasteiger partial charge in [-0.2, -0.15) is 0 Å². The van der Waals surface area contributed by atoms with Crippen LogP contribution < -0.4 is 0 Å². The highest BCUT2D eigenvalue weighted by atomic mass is 16.2. The Morgan fingerprint density at radius 2 is 1.73 bits per heavy atom. The predicted molar refractivity (Wildman–Crippen MR) is 87.5 cm³/mol. The van der Waals surface area contributed by atoms with Gasteiger partial charge in [-0.1, -0.05) is 37.3 Å². The number of rotatable bonds is 5. The van der Waals surface area contributed by atoms with Gasteiger partial charge < -0.3 is 9.80 Å². The summed E-state index contributed by atoms with van der Waals surface area (Å²) in [7, 11) is 3.53. The van der Waals surface area contributed by atoms with Crippen LogP contribution in [0.15, 0.2) is 30.3 Å². The predicted octanol–water partition coefficient (Wildman–Crippen LogP) is 2.51. The monoisotopic (exact) mass is 302 g/mol. The lowest BCUT2D eigenvalue weighted by Crippen LogP contribution is -2.35. The lowest BCUT2D eigenvalue weighted by Gasteiger charge is -2.27. The van der Waals surface area contributed by atoms with Crippen molar-refractivity contribution in [2.24, 2.45) is 5.92 Å². The van der Waals surface area contributed by atoms with Crippen LogP contribution in [0.3, 0.4) is 0 Å². The average molecular weight is 302 g/mol. The van der Waals surface area contributed by atoms with Crippen molar-refractivity contribution in [3.05, 3.63) is 35.9 Å². The van der Waals surface area contributed by atoms with Crippen LogP contribution in [-0.4, -0.2) is 48.8 Å². The van der Waals surface area contributed by atoms with Crippen LogP contribution in [0.2, 0.25) is 0 Å². The van der Waals surface area contributed by atoms with E-state index in [1.807, 2.05) is 42.2 Å². The number of carbonyl (C=O) groups excluding carboxylic acids is 2. The number of nitrogens with zero attached hydrogens (tertiary/aromatic N) is 2. The summed E-state index contributed by atoms with van der Waals surface area (Å²) in [6, 6.07) is 9.93. The van der Waals surface area contributed by atoms with Gasteiger partial charge in [0.15, 0.2) is 0 Å². The van der Waals surface area contributed by atoms with Crippen LogP contribution in [0, 0.1) is 5.92 Å². The third-order valence-corrected chi connectivity index (χ3v) is 4.51. The number of carbonyl (C=O) groups is 2. The van der Waals surface area contributed by atoms with Gasteiger partial charge in [-0.25, -0.2) is 0 Å². The van der Waals surface area contributed by atoms with Gasteiger partial charge in [0.05, 0.1) is 0 Å². The Bertz CT molecular complexity index is 507. The highest BCUT2D eigenvalue weighted by Crippen LogP contribution is 2.30. The lowest BCUT2D eigenvalue weighted by molar-refractivity contribution is -0.134. The third-order valence-electron chi connectivity index (χ3n) is 4.51. The highest BCUT2D eigenvalue weighted by Gasteiger charge is 2.30. The SMILES string of the molecule is C[C@@H](C(=O)N(C)C)[C@@H](CC(=O)N1CCCC1)c1ccccc1. The van der Waals surface area contributed by atoms with Crippen molar-refractivity contribution in [3.8, 4) is 0 Å². The van der Waals surface area contributed by atoms with Crippen molar-refractivity contribution in [1.29, 1.82) is 0 Å². The first-order valence-electron chi connectivity index (χ1n) is 8.04. The van der Waals surface area contributed by atoms with Gasteiger partial charge in [0.25, 0.3) is 0 Å². The molecule has 0 N–H and O–H groups in total. The molecule has 0 saturated carbocycles. The standard InChI is InChI=1S/C18H26N2O2/c1-14(18(22)19(2)3)16(15-9-5-4-6-10-15)13-17(21)20-11-7-8-12-20/h4-6,9-10,14,16H,7-8,11-13H2,1-3H3/t14-,16-/m1/s1. The molecule has 22 heavy (non-hydrogen) atoms. The van der Waals surface area contributed by atoms with Crippen molar-refractivity contribution in [1.82, 2.24) is 9.80 Å². The molecule has 2 amide bonds. The topological polar surface area (TPSA) is 40.6 Å². The summed E-state index contributed by atoms with van der Waals surface area (Å²) in [5, 5.41) is 0. The van der Waals surface area contributed by atoms with Crippen molar-refractivity contribution < 1.29 is 9.59 Å². The molecule has 2 atom stereocenters. The van der Waals surface area contributed by atoms with Gasteiger partial charge in [0.1, 0.15) is 0 Å². The number of likely N-dealkylation sites (tertiary alicyclic amines) is 1.